The lowest BCUT2D eigenvalue weighted by Crippen LogP contribution is -2.33. The van der Waals surface area contributed by atoms with Gasteiger partial charge in [-0.15, -0.1) is 0 Å². The SMILES string of the molecule is CCCCc1ncc(C=C2C(=O)N(CCCC)C(=O)N2Cc2ccc(C(F)(F)F)cc2)n1Cc1ccc(C(=O)OC)cc1. The Bertz CT molecular complexity index is 1480. The Morgan fingerprint density at radius 3 is 2.14 bits per heavy atom. The van der Waals surface area contributed by atoms with Crippen LogP contribution in [0.15, 0.2) is 60.4 Å². The maximum Gasteiger partial charge on any atom is 0.416 e. The number of imidazole rings is 1. The number of aryl methyl sites for hydroxylation is 1. The molecule has 2 heterocycles. The van der Waals surface area contributed by atoms with Gasteiger partial charge in [-0.25, -0.2) is 14.6 Å². The van der Waals surface area contributed by atoms with E-state index in [1.54, 1.807) is 24.4 Å². The van der Waals surface area contributed by atoms with Gasteiger partial charge in [-0.05, 0) is 54.3 Å². The number of halogens is 3. The maximum absolute atomic E-state index is 13.6. The first kappa shape index (κ1) is 31.5. The number of hydrogen-bond donors (Lipinski definition) is 0. The van der Waals surface area contributed by atoms with Crippen molar-refractivity contribution in [3.05, 3.63) is 94.2 Å². The summed E-state index contributed by atoms with van der Waals surface area (Å²) in [6.45, 7) is 4.61. The van der Waals surface area contributed by atoms with Gasteiger partial charge in [0.1, 0.15) is 11.5 Å². The van der Waals surface area contributed by atoms with Crippen LogP contribution in [0, 0.1) is 0 Å². The molecule has 0 saturated carbocycles. The lowest BCUT2D eigenvalue weighted by atomic mass is 10.1. The Morgan fingerprint density at radius 2 is 1.53 bits per heavy atom. The fourth-order valence-electron chi connectivity index (χ4n) is 4.82. The molecule has 2 aromatic carbocycles. The predicted octanol–water partition coefficient (Wildman–Crippen LogP) is 6.68. The number of aromatic nitrogens is 2. The first-order valence-electron chi connectivity index (χ1n) is 14.3. The molecule has 0 radical (unpaired) electrons. The molecule has 11 heteroatoms. The zero-order valence-electron chi connectivity index (χ0n) is 24.5. The molecule has 0 bridgehead atoms. The number of benzene rings is 2. The fraction of sp³-hybridized carbons (Fsp3) is 0.375. The zero-order chi connectivity index (χ0) is 31.1. The third-order valence-corrected chi connectivity index (χ3v) is 7.30. The molecular formula is C32H35F3N4O4. The van der Waals surface area contributed by atoms with E-state index < -0.39 is 29.6 Å². The van der Waals surface area contributed by atoms with Crippen molar-refractivity contribution in [3.63, 3.8) is 0 Å². The number of methoxy groups -OCH3 is 1. The lowest BCUT2D eigenvalue weighted by molar-refractivity contribution is -0.137. The summed E-state index contributed by atoms with van der Waals surface area (Å²) < 4.78 is 46.1. The largest absolute Gasteiger partial charge is 0.465 e. The minimum atomic E-state index is -4.48. The number of carbonyl (C=O) groups excluding carboxylic acids is 3. The summed E-state index contributed by atoms with van der Waals surface area (Å²) in [5, 5.41) is 0. The van der Waals surface area contributed by atoms with Crippen LogP contribution in [0.4, 0.5) is 18.0 Å². The summed E-state index contributed by atoms with van der Waals surface area (Å²) in [4.78, 5) is 46.0. The van der Waals surface area contributed by atoms with Crippen LogP contribution in [-0.4, -0.2) is 50.9 Å². The molecule has 4 rings (SSSR count). The van der Waals surface area contributed by atoms with E-state index in [-0.39, 0.29) is 18.8 Å². The highest BCUT2D eigenvalue weighted by Crippen LogP contribution is 2.31. The number of rotatable bonds is 12. The van der Waals surface area contributed by atoms with Crippen molar-refractivity contribution in [2.75, 3.05) is 13.7 Å². The van der Waals surface area contributed by atoms with Crippen LogP contribution in [0.25, 0.3) is 6.08 Å². The van der Waals surface area contributed by atoms with E-state index in [9.17, 15) is 27.6 Å². The van der Waals surface area contributed by atoms with E-state index in [0.29, 0.717) is 36.2 Å². The molecular weight excluding hydrogens is 561 g/mol. The van der Waals surface area contributed by atoms with E-state index in [2.05, 4.69) is 11.9 Å². The maximum atomic E-state index is 13.6. The van der Waals surface area contributed by atoms with Crippen LogP contribution in [-0.2, 0) is 35.2 Å². The third-order valence-electron chi connectivity index (χ3n) is 7.30. The second-order valence-corrected chi connectivity index (χ2v) is 10.4. The Hall–Kier alpha value is -4.41. The van der Waals surface area contributed by atoms with Gasteiger partial charge in [0.2, 0.25) is 0 Å². The van der Waals surface area contributed by atoms with Gasteiger partial charge >= 0.3 is 18.2 Å². The smallest absolute Gasteiger partial charge is 0.416 e. The lowest BCUT2D eigenvalue weighted by Gasteiger charge is -2.18. The van der Waals surface area contributed by atoms with Gasteiger partial charge in [0.05, 0.1) is 36.7 Å². The Labute approximate surface area is 248 Å². The first-order valence-corrected chi connectivity index (χ1v) is 14.3. The normalized spacial score (nSPS) is 14.7. The van der Waals surface area contributed by atoms with Gasteiger partial charge in [0.25, 0.3) is 5.91 Å². The highest BCUT2D eigenvalue weighted by molar-refractivity contribution is 6.13. The van der Waals surface area contributed by atoms with Gasteiger partial charge in [-0.1, -0.05) is 51.0 Å². The Balaban J connectivity index is 1.71. The standard InChI is InChI=1S/C32H35F3N4O4/c1-4-6-8-28-36-19-26(38(28)20-22-9-13-24(14-10-22)30(41)43-3)18-27-29(40)37(17-7-5-2)31(42)39(27)21-23-11-15-25(16-12-23)32(33,34)35/h9-16,18-19H,4-8,17,20-21H2,1-3H3. The minimum absolute atomic E-state index is 0.0665. The molecule has 3 aromatic rings. The predicted molar refractivity (Wildman–Crippen MR) is 155 cm³/mol. The summed E-state index contributed by atoms with van der Waals surface area (Å²) in [7, 11) is 1.32. The van der Waals surface area contributed by atoms with E-state index in [0.717, 1.165) is 42.8 Å². The van der Waals surface area contributed by atoms with Crippen LogP contribution in [0.5, 0.6) is 0 Å². The van der Waals surface area contributed by atoms with Crippen LogP contribution < -0.4 is 0 Å². The number of carbonyl (C=O) groups is 3. The molecule has 0 atom stereocenters. The summed E-state index contributed by atoms with van der Waals surface area (Å²) in [6, 6.07) is 11.1. The number of nitrogens with zero attached hydrogens (tertiary/aromatic N) is 4. The van der Waals surface area contributed by atoms with Gasteiger partial charge in [0, 0.05) is 19.5 Å². The van der Waals surface area contributed by atoms with E-state index >= 15 is 0 Å². The van der Waals surface area contributed by atoms with E-state index in [4.69, 9.17) is 4.74 Å². The second kappa shape index (κ2) is 13.7. The minimum Gasteiger partial charge on any atom is -0.465 e. The molecule has 3 amide bonds. The zero-order valence-corrected chi connectivity index (χ0v) is 24.5. The molecule has 1 aromatic heterocycles. The molecule has 1 aliphatic rings. The van der Waals surface area contributed by atoms with Gasteiger partial charge in [0.15, 0.2) is 0 Å². The topological polar surface area (TPSA) is 84.7 Å². The van der Waals surface area contributed by atoms with Crippen LogP contribution in [0.2, 0.25) is 0 Å². The summed E-state index contributed by atoms with van der Waals surface area (Å²) in [5.41, 5.74) is 1.72. The number of unbranched alkanes of at least 4 members (excludes halogenated alkanes) is 2. The number of ether oxygens (including phenoxy) is 1. The third kappa shape index (κ3) is 7.33. The van der Waals surface area contributed by atoms with Crippen LogP contribution in [0.3, 0.4) is 0 Å². The van der Waals surface area contributed by atoms with Gasteiger partial charge < -0.3 is 9.30 Å². The van der Waals surface area contributed by atoms with Crippen molar-refractivity contribution in [2.45, 2.75) is 65.2 Å². The van der Waals surface area contributed by atoms with Crippen molar-refractivity contribution < 1.29 is 32.3 Å². The van der Waals surface area contributed by atoms with Gasteiger partial charge in [-0.2, -0.15) is 13.2 Å². The first-order chi connectivity index (χ1) is 20.6. The number of alkyl halides is 3. The number of imide groups is 1. The highest BCUT2D eigenvalue weighted by atomic mass is 19.4. The molecule has 43 heavy (non-hydrogen) atoms. The molecule has 8 nitrogen and oxygen atoms in total. The average molecular weight is 597 g/mol. The van der Waals surface area contributed by atoms with Crippen LogP contribution in [0.1, 0.15) is 78.1 Å². The monoisotopic (exact) mass is 596 g/mol. The summed E-state index contributed by atoms with van der Waals surface area (Å²) >= 11 is 0. The molecule has 228 valence electrons. The summed E-state index contributed by atoms with van der Waals surface area (Å²) in [6.07, 6.45) is 2.76. The Kier molecular flexibility index (Phi) is 10.1. The van der Waals surface area contributed by atoms with Crippen molar-refractivity contribution in [1.82, 2.24) is 19.4 Å². The number of amides is 3. The van der Waals surface area contributed by atoms with Gasteiger partial charge in [-0.3, -0.25) is 14.6 Å². The molecule has 1 saturated heterocycles. The number of esters is 1. The second-order valence-electron chi connectivity index (χ2n) is 10.4. The van der Waals surface area contributed by atoms with Crippen molar-refractivity contribution in [2.24, 2.45) is 0 Å². The number of urea groups is 1. The fourth-order valence-corrected chi connectivity index (χ4v) is 4.82. The van der Waals surface area contributed by atoms with E-state index in [1.807, 2.05) is 23.6 Å². The van der Waals surface area contributed by atoms with Crippen molar-refractivity contribution in [3.8, 4) is 0 Å². The summed E-state index contributed by atoms with van der Waals surface area (Å²) in [5.74, 6) is -0.0938. The van der Waals surface area contributed by atoms with Crippen molar-refractivity contribution in [1.29, 1.82) is 0 Å². The molecule has 0 aliphatic carbocycles. The molecule has 0 unspecified atom stereocenters. The molecule has 1 aliphatic heterocycles. The number of hydrogen-bond acceptors (Lipinski definition) is 5. The van der Waals surface area contributed by atoms with E-state index in [1.165, 1.54) is 29.0 Å². The molecule has 0 N–H and O–H groups in total. The molecule has 0 spiro atoms. The quantitative estimate of drug-likeness (QED) is 0.132. The molecule has 1 fully saturated rings. The van der Waals surface area contributed by atoms with Crippen molar-refractivity contribution >= 4 is 24.0 Å². The average Bonchev–Trinajstić information content (AvgIpc) is 3.47. The highest BCUT2D eigenvalue weighted by Gasteiger charge is 2.41. The Morgan fingerprint density at radius 1 is 0.907 bits per heavy atom. The van der Waals surface area contributed by atoms with Crippen LogP contribution >= 0.6 is 0 Å².